The highest BCUT2D eigenvalue weighted by molar-refractivity contribution is 9.10. The third-order valence-corrected chi connectivity index (χ3v) is 3.41. The minimum absolute atomic E-state index is 0.124. The van der Waals surface area contributed by atoms with E-state index in [2.05, 4.69) is 15.9 Å². The molecule has 0 saturated carbocycles. The predicted octanol–water partition coefficient (Wildman–Crippen LogP) is 3.38. The summed E-state index contributed by atoms with van der Waals surface area (Å²) in [7, 11) is 0. The second-order valence-electron chi connectivity index (χ2n) is 5.02. The molecule has 106 valence electrons. The van der Waals surface area contributed by atoms with Gasteiger partial charge in [-0.3, -0.25) is 4.79 Å². The molecule has 5 heteroatoms. The molecular weight excluding hydrogens is 312 g/mol. The molecule has 1 rings (SSSR count). The molecule has 1 aromatic carbocycles. The highest BCUT2D eigenvalue weighted by Crippen LogP contribution is 2.36. The van der Waals surface area contributed by atoms with Crippen LogP contribution in [0.4, 0.5) is 0 Å². The number of rotatable bonds is 6. The average Bonchev–Trinajstić information content (AvgIpc) is 2.30. The molecule has 0 heterocycles. The van der Waals surface area contributed by atoms with Crippen LogP contribution in [0.2, 0.25) is 0 Å². The van der Waals surface area contributed by atoms with Gasteiger partial charge in [-0.1, -0.05) is 15.9 Å². The van der Waals surface area contributed by atoms with E-state index in [1.807, 2.05) is 13.0 Å². The summed E-state index contributed by atoms with van der Waals surface area (Å²) in [4.78, 5) is 11.1. The van der Waals surface area contributed by atoms with Crippen molar-refractivity contribution >= 4 is 21.9 Å². The Kier molecular flexibility index (Phi) is 5.38. The minimum Gasteiger partial charge on any atom is -0.493 e. The van der Waals surface area contributed by atoms with E-state index in [0.29, 0.717) is 17.9 Å². The van der Waals surface area contributed by atoms with E-state index < -0.39 is 17.5 Å². The van der Waals surface area contributed by atoms with Crippen LogP contribution in [0, 0.1) is 5.41 Å². The van der Waals surface area contributed by atoms with Gasteiger partial charge in [0.05, 0.1) is 18.1 Å². The van der Waals surface area contributed by atoms with Crippen LogP contribution < -0.4 is 4.74 Å². The monoisotopic (exact) mass is 330 g/mol. The lowest BCUT2D eigenvalue weighted by Gasteiger charge is -2.24. The first-order chi connectivity index (χ1) is 8.77. The van der Waals surface area contributed by atoms with Crippen LogP contribution in [0.5, 0.6) is 5.75 Å². The van der Waals surface area contributed by atoms with Crippen molar-refractivity contribution in [3.8, 4) is 5.75 Å². The van der Waals surface area contributed by atoms with E-state index in [4.69, 9.17) is 9.84 Å². The summed E-state index contributed by atoms with van der Waals surface area (Å²) in [6.07, 6.45) is -0.760. The van der Waals surface area contributed by atoms with Gasteiger partial charge in [-0.15, -0.1) is 0 Å². The number of hydrogen-bond donors (Lipinski definition) is 2. The molecule has 0 radical (unpaired) electrons. The summed E-state index contributed by atoms with van der Waals surface area (Å²) in [6, 6.07) is 5.34. The van der Waals surface area contributed by atoms with E-state index in [1.54, 1.807) is 26.0 Å². The van der Waals surface area contributed by atoms with Crippen molar-refractivity contribution < 1.29 is 19.7 Å². The number of carbonyl (C=O) groups is 1. The van der Waals surface area contributed by atoms with Gasteiger partial charge < -0.3 is 14.9 Å². The van der Waals surface area contributed by atoms with Crippen LogP contribution in [0.15, 0.2) is 22.7 Å². The molecule has 0 aliphatic heterocycles. The Labute approximate surface area is 121 Å². The number of carboxylic acid groups (broad SMARTS) is 1. The van der Waals surface area contributed by atoms with Crippen LogP contribution >= 0.6 is 15.9 Å². The molecule has 0 aliphatic rings. The summed E-state index contributed by atoms with van der Waals surface area (Å²) < 4.78 is 6.28. The van der Waals surface area contributed by atoms with Gasteiger partial charge in [-0.2, -0.15) is 0 Å². The van der Waals surface area contributed by atoms with Gasteiger partial charge in [0.15, 0.2) is 0 Å². The smallest absolute Gasteiger partial charge is 0.309 e. The third kappa shape index (κ3) is 4.21. The number of halogens is 1. The Hall–Kier alpha value is -1.07. The number of aliphatic hydroxyl groups excluding tert-OH is 1. The van der Waals surface area contributed by atoms with Crippen molar-refractivity contribution in [3.05, 3.63) is 28.2 Å². The second kappa shape index (κ2) is 6.39. The van der Waals surface area contributed by atoms with E-state index in [1.165, 1.54) is 0 Å². The maximum Gasteiger partial charge on any atom is 0.309 e. The molecule has 0 bridgehead atoms. The van der Waals surface area contributed by atoms with Crippen molar-refractivity contribution in [2.24, 2.45) is 5.41 Å². The Morgan fingerprint density at radius 1 is 1.47 bits per heavy atom. The molecule has 1 atom stereocenters. The zero-order valence-corrected chi connectivity index (χ0v) is 12.9. The van der Waals surface area contributed by atoms with Crippen molar-refractivity contribution in [2.75, 3.05) is 6.61 Å². The Morgan fingerprint density at radius 2 is 2.11 bits per heavy atom. The molecule has 4 nitrogen and oxygen atoms in total. The maximum absolute atomic E-state index is 11.1. The molecule has 1 unspecified atom stereocenters. The molecule has 0 amide bonds. The summed E-state index contributed by atoms with van der Waals surface area (Å²) in [5.41, 5.74) is -0.392. The van der Waals surface area contributed by atoms with E-state index in [9.17, 15) is 9.90 Å². The molecule has 0 fully saturated rings. The minimum atomic E-state index is -0.995. The van der Waals surface area contributed by atoms with Crippen LogP contribution in [-0.4, -0.2) is 22.8 Å². The lowest BCUT2D eigenvalue weighted by atomic mass is 9.84. The number of benzene rings is 1. The number of aliphatic hydroxyl groups is 1. The summed E-state index contributed by atoms with van der Waals surface area (Å²) in [5.74, 6) is -0.348. The Bertz CT molecular complexity index is 457. The number of aliphatic carboxylic acids is 1. The molecule has 1 aromatic rings. The van der Waals surface area contributed by atoms with E-state index >= 15 is 0 Å². The molecule has 0 spiro atoms. The lowest BCUT2D eigenvalue weighted by molar-refractivity contribution is -0.148. The first-order valence-electron chi connectivity index (χ1n) is 6.11. The van der Waals surface area contributed by atoms with Crippen molar-refractivity contribution in [1.82, 2.24) is 0 Å². The number of carboxylic acids is 1. The highest BCUT2D eigenvalue weighted by atomic mass is 79.9. The third-order valence-electron chi connectivity index (χ3n) is 2.91. The van der Waals surface area contributed by atoms with Gasteiger partial charge in [0.25, 0.3) is 0 Å². The van der Waals surface area contributed by atoms with Crippen LogP contribution in [0.1, 0.15) is 38.9 Å². The van der Waals surface area contributed by atoms with Gasteiger partial charge in [0, 0.05) is 10.0 Å². The molecule has 19 heavy (non-hydrogen) atoms. The average molecular weight is 331 g/mol. The van der Waals surface area contributed by atoms with Gasteiger partial charge in [-0.25, -0.2) is 0 Å². The zero-order chi connectivity index (χ0) is 14.6. The molecule has 0 aliphatic carbocycles. The first kappa shape index (κ1) is 16.0. The van der Waals surface area contributed by atoms with Crippen LogP contribution in [-0.2, 0) is 4.79 Å². The lowest BCUT2D eigenvalue weighted by Crippen LogP contribution is -2.26. The second-order valence-corrected chi connectivity index (χ2v) is 5.94. The van der Waals surface area contributed by atoms with Crippen molar-refractivity contribution in [1.29, 1.82) is 0 Å². The first-order valence-corrected chi connectivity index (χ1v) is 6.91. The van der Waals surface area contributed by atoms with Gasteiger partial charge in [0.1, 0.15) is 5.75 Å². The van der Waals surface area contributed by atoms with E-state index in [0.717, 1.165) is 4.47 Å². The Morgan fingerprint density at radius 3 is 2.63 bits per heavy atom. The molecule has 0 saturated heterocycles. The van der Waals surface area contributed by atoms with Gasteiger partial charge in [0.2, 0.25) is 0 Å². The summed E-state index contributed by atoms with van der Waals surface area (Å²) in [5, 5.41) is 19.4. The van der Waals surface area contributed by atoms with E-state index in [-0.39, 0.29) is 6.42 Å². The SMILES string of the molecule is CCOc1ccc(Br)cc1C(O)CC(C)(C)C(=O)O. The standard InChI is InChI=1S/C14H19BrO4/c1-4-19-12-6-5-9(15)7-10(12)11(16)8-14(2,3)13(17)18/h5-7,11,16H,4,8H2,1-3H3,(H,17,18). The zero-order valence-electron chi connectivity index (χ0n) is 11.3. The number of hydrogen-bond acceptors (Lipinski definition) is 3. The maximum atomic E-state index is 11.1. The molecule has 0 aromatic heterocycles. The van der Waals surface area contributed by atoms with Crippen LogP contribution in [0.25, 0.3) is 0 Å². The normalized spacial score (nSPS) is 13.1. The fourth-order valence-electron chi connectivity index (χ4n) is 1.75. The predicted molar refractivity (Wildman–Crippen MR) is 76.3 cm³/mol. The molecule has 2 N–H and O–H groups in total. The highest BCUT2D eigenvalue weighted by Gasteiger charge is 2.31. The fourth-order valence-corrected chi connectivity index (χ4v) is 2.13. The summed E-state index contributed by atoms with van der Waals surface area (Å²) in [6.45, 7) is 5.54. The van der Waals surface area contributed by atoms with Crippen molar-refractivity contribution in [2.45, 2.75) is 33.3 Å². The fraction of sp³-hybridized carbons (Fsp3) is 0.500. The Balaban J connectivity index is 3.01. The largest absolute Gasteiger partial charge is 0.493 e. The molecular formula is C14H19BrO4. The quantitative estimate of drug-likeness (QED) is 0.839. The van der Waals surface area contributed by atoms with Gasteiger partial charge in [-0.05, 0) is 45.4 Å². The number of ether oxygens (including phenoxy) is 1. The summed E-state index contributed by atoms with van der Waals surface area (Å²) >= 11 is 3.34. The topological polar surface area (TPSA) is 66.8 Å². The van der Waals surface area contributed by atoms with Gasteiger partial charge >= 0.3 is 5.97 Å². The van der Waals surface area contributed by atoms with Crippen molar-refractivity contribution in [3.63, 3.8) is 0 Å². The van der Waals surface area contributed by atoms with Crippen LogP contribution in [0.3, 0.4) is 0 Å².